The van der Waals surface area contributed by atoms with E-state index in [0.29, 0.717) is 37.8 Å². The molecule has 43 heavy (non-hydrogen) atoms. The maximum absolute atomic E-state index is 13.5. The summed E-state index contributed by atoms with van der Waals surface area (Å²) >= 11 is 7.53. The van der Waals surface area contributed by atoms with Crippen LogP contribution in [0.25, 0.3) is 37.8 Å². The molecule has 1 N–H and O–H groups in total. The number of ether oxygens (including phenoxy) is 1. The average Bonchev–Trinajstić information content (AvgIpc) is 3.37. The molecule has 0 aliphatic rings. The lowest BCUT2D eigenvalue weighted by atomic mass is 10.0. The van der Waals surface area contributed by atoms with Crippen molar-refractivity contribution in [2.45, 2.75) is 26.6 Å². The summed E-state index contributed by atoms with van der Waals surface area (Å²) in [5, 5.41) is 20.9. The van der Waals surface area contributed by atoms with Gasteiger partial charge in [0.1, 0.15) is 24.3 Å². The van der Waals surface area contributed by atoms with Gasteiger partial charge in [0.15, 0.2) is 0 Å². The molecule has 0 bridgehead atoms. The molecule has 4 heterocycles. The van der Waals surface area contributed by atoms with E-state index in [4.69, 9.17) is 16.3 Å². The number of pyridine rings is 2. The van der Waals surface area contributed by atoms with E-state index in [1.165, 1.54) is 28.2 Å². The van der Waals surface area contributed by atoms with E-state index in [0.717, 1.165) is 6.20 Å². The number of fused-ring (bicyclic) bond motifs is 2. The normalized spacial score (nSPS) is 11.6. The van der Waals surface area contributed by atoms with E-state index in [-0.39, 0.29) is 35.4 Å². The molecule has 0 aliphatic carbocycles. The van der Waals surface area contributed by atoms with Crippen LogP contribution in [0.15, 0.2) is 47.2 Å². The van der Waals surface area contributed by atoms with Gasteiger partial charge in [0.2, 0.25) is 0 Å². The highest BCUT2D eigenvalue weighted by atomic mass is 35.5. The fourth-order valence-corrected chi connectivity index (χ4v) is 5.81. The molecule has 0 saturated heterocycles. The first-order valence-electron chi connectivity index (χ1n) is 12.4. The second kappa shape index (κ2) is 11.1. The van der Waals surface area contributed by atoms with Gasteiger partial charge in [-0.25, -0.2) is 9.78 Å². The van der Waals surface area contributed by atoms with Gasteiger partial charge in [-0.3, -0.25) is 19.3 Å². The summed E-state index contributed by atoms with van der Waals surface area (Å²) in [6, 6.07) is 8.36. The molecule has 9 nitrogen and oxygen atoms in total. The van der Waals surface area contributed by atoms with Crippen molar-refractivity contribution in [2.75, 3.05) is 6.61 Å². The van der Waals surface area contributed by atoms with Crippen LogP contribution in [-0.2, 0) is 6.54 Å². The van der Waals surface area contributed by atoms with Gasteiger partial charge in [-0.2, -0.15) is 18.4 Å². The fraction of sp³-hybridized carbons (Fsp3) is 0.172. The van der Waals surface area contributed by atoms with Gasteiger partial charge >= 0.3 is 12.1 Å². The Labute approximate surface area is 250 Å². The van der Waals surface area contributed by atoms with Gasteiger partial charge in [-0.1, -0.05) is 18.2 Å². The molecular weight excluding hydrogens is 607 g/mol. The zero-order valence-corrected chi connectivity index (χ0v) is 24.0. The first-order valence-corrected chi connectivity index (χ1v) is 13.7. The molecule has 0 fully saturated rings. The number of hydrogen-bond acceptors (Lipinski definition) is 8. The van der Waals surface area contributed by atoms with Gasteiger partial charge in [0.05, 0.1) is 56.3 Å². The molecule has 0 atom stereocenters. The second-order valence-corrected chi connectivity index (χ2v) is 10.7. The quantitative estimate of drug-likeness (QED) is 0.215. The van der Waals surface area contributed by atoms with E-state index in [1.807, 2.05) is 0 Å². The lowest BCUT2D eigenvalue weighted by molar-refractivity contribution is -0.0689. The minimum atomic E-state index is -4.86. The van der Waals surface area contributed by atoms with Crippen molar-refractivity contribution in [3.8, 4) is 22.9 Å². The Morgan fingerprint density at radius 2 is 1.98 bits per heavy atom. The molecule has 0 aliphatic heterocycles. The predicted octanol–water partition coefficient (Wildman–Crippen LogP) is 6.56. The van der Waals surface area contributed by atoms with Crippen molar-refractivity contribution in [1.29, 1.82) is 5.26 Å². The summed E-state index contributed by atoms with van der Waals surface area (Å²) in [7, 11) is 0. The Bertz CT molecular complexity index is 2080. The van der Waals surface area contributed by atoms with Crippen LogP contribution in [0, 0.1) is 25.2 Å². The number of halogens is 4. The third-order valence-electron chi connectivity index (χ3n) is 6.62. The third-order valence-corrected chi connectivity index (χ3v) is 7.85. The van der Waals surface area contributed by atoms with E-state index >= 15 is 0 Å². The molecule has 0 unspecified atom stereocenters. The minimum absolute atomic E-state index is 0.0244. The Balaban J connectivity index is 1.52. The topological polar surface area (TPSA) is 131 Å². The number of nitrogens with zero attached hydrogens (tertiary/aromatic N) is 5. The summed E-state index contributed by atoms with van der Waals surface area (Å²) in [6.07, 6.45) is -3.85. The maximum Gasteiger partial charge on any atom is 0.417 e. The average molecular weight is 626 g/mol. The number of carbonyl (C=O) groups is 1. The number of hydrogen-bond donors (Lipinski definition) is 1. The first kappa shape index (κ1) is 29.7. The summed E-state index contributed by atoms with van der Waals surface area (Å²) < 4.78 is 47.9. The van der Waals surface area contributed by atoms with Crippen LogP contribution >= 0.6 is 22.9 Å². The summed E-state index contributed by atoms with van der Waals surface area (Å²) in [5.41, 5.74) is -1.21. The summed E-state index contributed by atoms with van der Waals surface area (Å²) in [5.74, 6) is -0.490. The lowest BCUT2D eigenvalue weighted by Crippen LogP contribution is -2.27. The SMILES string of the molecule is C=C(c1ncc2nc(C)n(CCOc3ccc(Cl)cc3-c3cc(C)nc4c(C(=O)O)csc34)c(=O)c2c1C#N)C(F)(F)F. The van der Waals surface area contributed by atoms with E-state index in [1.54, 1.807) is 37.3 Å². The van der Waals surface area contributed by atoms with Gasteiger partial charge in [-0.05, 0) is 38.1 Å². The number of carboxylic acids is 1. The fourth-order valence-electron chi connectivity index (χ4n) is 4.63. The van der Waals surface area contributed by atoms with Crippen LogP contribution < -0.4 is 10.3 Å². The number of carboxylic acid groups (broad SMARTS) is 1. The number of rotatable bonds is 7. The molecule has 218 valence electrons. The number of alkyl halides is 3. The standard InChI is InChI=1S/C29H19ClF3N5O4S/c1-13-8-18(26-25(36-13)20(12-43-26)28(40)41)17-9-16(30)4-5-22(17)42-7-6-38-15(3)37-21-11-35-24(14(2)29(31,32)33)19(10-34)23(21)27(38)39/h4-5,8-9,11-12H,2,6-7H2,1,3H3,(H,40,41). The predicted molar refractivity (Wildman–Crippen MR) is 156 cm³/mol. The number of aryl methyl sites for hydroxylation is 2. The summed E-state index contributed by atoms with van der Waals surface area (Å²) in [4.78, 5) is 37.6. The number of allylic oxidation sites excluding steroid dienone is 1. The van der Waals surface area contributed by atoms with Crippen LogP contribution in [-0.4, -0.2) is 43.4 Å². The zero-order valence-electron chi connectivity index (χ0n) is 22.4. The molecule has 14 heteroatoms. The van der Waals surface area contributed by atoms with Gasteiger partial charge < -0.3 is 9.84 Å². The summed E-state index contributed by atoms with van der Waals surface area (Å²) in [6.45, 7) is 6.14. The molecule has 0 saturated carbocycles. The number of aromatic nitrogens is 4. The molecule has 0 amide bonds. The number of aromatic carboxylic acids is 1. The minimum Gasteiger partial charge on any atom is -0.491 e. The lowest BCUT2D eigenvalue weighted by Gasteiger charge is -2.16. The number of thiophene rings is 1. The molecule has 5 rings (SSSR count). The van der Waals surface area contributed by atoms with Crippen LogP contribution in [0.2, 0.25) is 5.02 Å². The smallest absolute Gasteiger partial charge is 0.417 e. The first-order chi connectivity index (χ1) is 20.3. The van der Waals surface area contributed by atoms with E-state index in [2.05, 4.69) is 21.5 Å². The monoisotopic (exact) mass is 625 g/mol. The van der Waals surface area contributed by atoms with Crippen molar-refractivity contribution in [2.24, 2.45) is 0 Å². The number of benzene rings is 1. The van der Waals surface area contributed by atoms with Gasteiger partial charge in [0, 0.05) is 27.2 Å². The number of nitriles is 1. The van der Waals surface area contributed by atoms with Crippen LogP contribution in [0.4, 0.5) is 13.2 Å². The molecular formula is C29H19ClF3N5O4S. The van der Waals surface area contributed by atoms with Crippen molar-refractivity contribution >= 4 is 55.6 Å². The molecule has 0 spiro atoms. The van der Waals surface area contributed by atoms with Crippen LogP contribution in [0.3, 0.4) is 0 Å². The second-order valence-electron chi connectivity index (χ2n) is 9.38. The Morgan fingerprint density at radius 1 is 1.23 bits per heavy atom. The highest BCUT2D eigenvalue weighted by molar-refractivity contribution is 7.18. The zero-order chi connectivity index (χ0) is 31.2. The molecule has 0 radical (unpaired) electrons. The highest BCUT2D eigenvalue weighted by Gasteiger charge is 2.36. The van der Waals surface area contributed by atoms with E-state index in [9.17, 15) is 33.1 Å². The molecule has 4 aromatic heterocycles. The Hall–Kier alpha value is -4.80. The van der Waals surface area contributed by atoms with Crippen molar-refractivity contribution in [3.05, 3.63) is 86.1 Å². The Morgan fingerprint density at radius 3 is 2.65 bits per heavy atom. The highest BCUT2D eigenvalue weighted by Crippen LogP contribution is 2.40. The van der Waals surface area contributed by atoms with Gasteiger partial charge in [0.25, 0.3) is 5.56 Å². The van der Waals surface area contributed by atoms with Crippen molar-refractivity contribution in [1.82, 2.24) is 19.5 Å². The molecule has 5 aromatic rings. The Kier molecular flexibility index (Phi) is 7.68. The van der Waals surface area contributed by atoms with Crippen molar-refractivity contribution < 1.29 is 27.8 Å². The molecule has 1 aromatic carbocycles. The van der Waals surface area contributed by atoms with Crippen LogP contribution in [0.1, 0.15) is 33.1 Å². The maximum atomic E-state index is 13.5. The third kappa shape index (κ3) is 5.42. The van der Waals surface area contributed by atoms with Crippen LogP contribution in [0.5, 0.6) is 5.75 Å². The van der Waals surface area contributed by atoms with Crippen molar-refractivity contribution in [3.63, 3.8) is 0 Å². The van der Waals surface area contributed by atoms with E-state index < -0.39 is 34.5 Å². The largest absolute Gasteiger partial charge is 0.491 e. The van der Waals surface area contributed by atoms with Gasteiger partial charge in [-0.15, -0.1) is 11.3 Å².